The molecule has 0 aliphatic heterocycles. The Morgan fingerprint density at radius 1 is 1.62 bits per heavy atom. The van der Waals surface area contributed by atoms with Crippen LogP contribution in [0.1, 0.15) is 6.42 Å². The van der Waals surface area contributed by atoms with Crippen LogP contribution in [-0.4, -0.2) is 37.6 Å². The maximum absolute atomic E-state index is 11.1. The number of carbonyl (C=O) groups excluding carboxylic acids is 1. The van der Waals surface area contributed by atoms with Crippen molar-refractivity contribution in [2.45, 2.75) is 6.42 Å². The fourth-order valence-corrected chi connectivity index (χ4v) is 1.23. The van der Waals surface area contributed by atoms with Gasteiger partial charge in [0, 0.05) is 13.1 Å². The minimum absolute atomic E-state index is 0.0583. The lowest BCUT2D eigenvalue weighted by atomic mass is 10.4. The molecule has 76 valence electrons. The van der Waals surface area contributed by atoms with Crippen molar-refractivity contribution in [3.05, 3.63) is 12.7 Å². The zero-order chi connectivity index (χ0) is 9.94. The molecule has 0 aromatic rings. The molecule has 0 aromatic heterocycles. The Bertz CT molecular complexity index is 151. The van der Waals surface area contributed by atoms with Gasteiger partial charge in [0.1, 0.15) is 0 Å². The molecule has 0 fully saturated rings. The molecule has 0 bridgehead atoms. The van der Waals surface area contributed by atoms with Crippen molar-refractivity contribution < 1.29 is 4.79 Å². The van der Waals surface area contributed by atoms with Gasteiger partial charge in [-0.25, -0.2) is 0 Å². The maximum atomic E-state index is 11.1. The van der Waals surface area contributed by atoms with E-state index in [1.807, 2.05) is 0 Å². The fraction of sp³-hybridized carbons (Fsp3) is 0.667. The fourth-order valence-electron chi connectivity index (χ4n) is 0.795. The quantitative estimate of drug-likeness (QED) is 0.448. The van der Waals surface area contributed by atoms with Gasteiger partial charge in [0.2, 0.25) is 5.91 Å². The van der Waals surface area contributed by atoms with Crippen LogP contribution in [0, 0.1) is 0 Å². The number of nitrogens with one attached hydrogen (secondary N) is 2. The van der Waals surface area contributed by atoms with Crippen LogP contribution < -0.4 is 10.6 Å². The number of hydrogen-bond acceptors (Lipinski definition) is 3. The van der Waals surface area contributed by atoms with Crippen LogP contribution in [0.2, 0.25) is 0 Å². The maximum Gasteiger partial charge on any atom is 0.233 e. The molecule has 0 rings (SSSR count). The summed E-state index contributed by atoms with van der Waals surface area (Å²) in [5.74, 6) is 1.16. The van der Waals surface area contributed by atoms with E-state index in [0.717, 1.165) is 18.7 Å². The molecule has 0 saturated carbocycles. The van der Waals surface area contributed by atoms with Gasteiger partial charge in [-0.15, -0.1) is 6.58 Å². The predicted molar refractivity (Wildman–Crippen MR) is 59.1 cm³/mol. The molecular weight excluding hydrogens is 184 g/mol. The Morgan fingerprint density at radius 2 is 2.38 bits per heavy atom. The van der Waals surface area contributed by atoms with Crippen molar-refractivity contribution in [3.8, 4) is 0 Å². The van der Waals surface area contributed by atoms with Gasteiger partial charge in [0.05, 0.1) is 6.54 Å². The molecule has 0 radical (unpaired) electrons. The van der Waals surface area contributed by atoms with Crippen molar-refractivity contribution in [1.82, 2.24) is 10.6 Å². The summed E-state index contributed by atoms with van der Waals surface area (Å²) in [5, 5.41) is 5.77. The molecular formula is C9H18N2OS. The second-order valence-electron chi connectivity index (χ2n) is 2.62. The van der Waals surface area contributed by atoms with E-state index in [1.165, 1.54) is 0 Å². The lowest BCUT2D eigenvalue weighted by Crippen LogP contribution is -2.34. The summed E-state index contributed by atoms with van der Waals surface area (Å²) in [7, 11) is 0. The first kappa shape index (κ1) is 12.5. The normalized spacial score (nSPS) is 9.62. The van der Waals surface area contributed by atoms with Crippen LogP contribution >= 0.6 is 11.8 Å². The van der Waals surface area contributed by atoms with E-state index in [9.17, 15) is 4.79 Å². The summed E-state index contributed by atoms with van der Waals surface area (Å²) in [4.78, 5) is 11.1. The Labute approximate surface area is 84.4 Å². The third-order valence-electron chi connectivity index (χ3n) is 1.42. The van der Waals surface area contributed by atoms with Gasteiger partial charge in [-0.05, 0) is 18.4 Å². The highest BCUT2D eigenvalue weighted by atomic mass is 32.2. The summed E-state index contributed by atoms with van der Waals surface area (Å²) >= 11 is 1.79. The Morgan fingerprint density at radius 3 is 3.00 bits per heavy atom. The highest BCUT2D eigenvalue weighted by Gasteiger charge is 1.97. The van der Waals surface area contributed by atoms with Gasteiger partial charge < -0.3 is 10.6 Å². The van der Waals surface area contributed by atoms with Gasteiger partial charge >= 0.3 is 0 Å². The third-order valence-corrected chi connectivity index (χ3v) is 2.12. The van der Waals surface area contributed by atoms with Gasteiger partial charge in [-0.2, -0.15) is 11.8 Å². The minimum atomic E-state index is 0.0583. The van der Waals surface area contributed by atoms with Crippen molar-refractivity contribution in [1.29, 1.82) is 0 Å². The Balaban J connectivity index is 3.15. The molecule has 1 amide bonds. The smallest absolute Gasteiger partial charge is 0.233 e. The summed E-state index contributed by atoms with van der Waals surface area (Å²) in [6.45, 7) is 5.38. The summed E-state index contributed by atoms with van der Waals surface area (Å²) < 4.78 is 0. The van der Waals surface area contributed by atoms with Crippen molar-refractivity contribution >= 4 is 17.7 Å². The number of thioether (sulfide) groups is 1. The van der Waals surface area contributed by atoms with E-state index in [1.54, 1.807) is 17.8 Å². The lowest BCUT2D eigenvalue weighted by Gasteiger charge is -2.04. The van der Waals surface area contributed by atoms with Crippen LogP contribution in [0.25, 0.3) is 0 Å². The highest BCUT2D eigenvalue weighted by Crippen LogP contribution is 1.92. The molecule has 3 nitrogen and oxygen atoms in total. The van der Waals surface area contributed by atoms with E-state index < -0.39 is 0 Å². The van der Waals surface area contributed by atoms with Gasteiger partial charge in [-0.3, -0.25) is 4.79 Å². The van der Waals surface area contributed by atoms with Crippen LogP contribution in [0.3, 0.4) is 0 Å². The first-order valence-corrected chi connectivity index (χ1v) is 5.78. The van der Waals surface area contributed by atoms with Crippen LogP contribution in [0.15, 0.2) is 12.7 Å². The molecule has 13 heavy (non-hydrogen) atoms. The SMILES string of the molecule is C=CCNCC(=O)NCCCSC. The van der Waals surface area contributed by atoms with Gasteiger partial charge in [-0.1, -0.05) is 6.08 Å². The first-order valence-electron chi connectivity index (χ1n) is 4.38. The summed E-state index contributed by atoms with van der Waals surface area (Å²) in [6.07, 6.45) is 4.84. The number of rotatable bonds is 8. The van der Waals surface area contributed by atoms with Crippen LogP contribution in [0.4, 0.5) is 0 Å². The highest BCUT2D eigenvalue weighted by molar-refractivity contribution is 7.98. The average molecular weight is 202 g/mol. The third kappa shape index (κ3) is 9.43. The molecule has 0 aromatic carbocycles. The minimum Gasteiger partial charge on any atom is -0.355 e. The molecule has 0 heterocycles. The van der Waals surface area contributed by atoms with Crippen molar-refractivity contribution in [2.24, 2.45) is 0 Å². The Hall–Kier alpha value is -0.480. The second-order valence-corrected chi connectivity index (χ2v) is 3.60. The average Bonchev–Trinajstić information content (AvgIpc) is 2.13. The molecule has 0 unspecified atom stereocenters. The number of hydrogen-bond donors (Lipinski definition) is 2. The first-order chi connectivity index (χ1) is 6.31. The second kappa shape index (κ2) is 9.61. The van der Waals surface area contributed by atoms with Crippen LogP contribution in [0.5, 0.6) is 0 Å². The van der Waals surface area contributed by atoms with E-state index in [4.69, 9.17) is 0 Å². The molecule has 0 spiro atoms. The van der Waals surface area contributed by atoms with Gasteiger partial charge in [0.15, 0.2) is 0 Å². The monoisotopic (exact) mass is 202 g/mol. The standard InChI is InChI=1S/C9H18N2OS/c1-3-5-10-8-9(12)11-6-4-7-13-2/h3,10H,1,4-8H2,2H3,(H,11,12). The molecule has 0 aliphatic carbocycles. The molecule has 2 N–H and O–H groups in total. The zero-order valence-electron chi connectivity index (χ0n) is 8.14. The van der Waals surface area contributed by atoms with Crippen LogP contribution in [-0.2, 0) is 4.79 Å². The van der Waals surface area contributed by atoms with Crippen molar-refractivity contribution in [3.63, 3.8) is 0 Å². The van der Waals surface area contributed by atoms with E-state index in [0.29, 0.717) is 13.1 Å². The Kier molecular flexibility index (Phi) is 9.25. The molecule has 4 heteroatoms. The number of amides is 1. The largest absolute Gasteiger partial charge is 0.355 e. The van der Waals surface area contributed by atoms with E-state index in [2.05, 4.69) is 23.5 Å². The molecule has 0 aliphatic rings. The summed E-state index contributed by atoms with van der Waals surface area (Å²) in [6, 6.07) is 0. The molecule has 0 saturated heterocycles. The number of carbonyl (C=O) groups is 1. The zero-order valence-corrected chi connectivity index (χ0v) is 8.95. The molecule has 0 atom stereocenters. The van der Waals surface area contributed by atoms with Gasteiger partial charge in [0.25, 0.3) is 0 Å². The van der Waals surface area contributed by atoms with E-state index >= 15 is 0 Å². The lowest BCUT2D eigenvalue weighted by molar-refractivity contribution is -0.120. The topological polar surface area (TPSA) is 41.1 Å². The predicted octanol–water partition coefficient (Wildman–Crippen LogP) is 0.631. The van der Waals surface area contributed by atoms with Crippen molar-refractivity contribution in [2.75, 3.05) is 31.6 Å². The summed E-state index contributed by atoms with van der Waals surface area (Å²) in [5.41, 5.74) is 0. The van der Waals surface area contributed by atoms with E-state index in [-0.39, 0.29) is 5.91 Å².